The minimum Gasteiger partial charge on any atom is -0.493 e. The predicted molar refractivity (Wildman–Crippen MR) is 183 cm³/mol. The maximum atomic E-state index is 12.5. The Kier molecular flexibility index (Phi) is 22.0. The van der Waals surface area contributed by atoms with Crippen molar-refractivity contribution in [3.8, 4) is 11.5 Å². The number of ether oxygens (including phenoxy) is 4. The van der Waals surface area contributed by atoms with Crippen molar-refractivity contribution in [1.82, 2.24) is 0 Å². The SMILES string of the molecule is CCCCCCCCCCCCCCCCCCOc1cc(NC(=O)OCc2ccccc2)cc(OCCCCC(=O)OC)c1. The molecule has 0 aliphatic carbocycles. The van der Waals surface area contributed by atoms with Crippen LogP contribution in [0, 0.1) is 0 Å². The second kappa shape index (κ2) is 26.0. The lowest BCUT2D eigenvalue weighted by molar-refractivity contribution is -0.140. The Morgan fingerprint density at radius 1 is 0.622 bits per heavy atom. The first-order valence-corrected chi connectivity index (χ1v) is 17.6. The summed E-state index contributed by atoms with van der Waals surface area (Å²) in [5.74, 6) is 1.01. The Morgan fingerprint density at radius 3 is 1.62 bits per heavy atom. The van der Waals surface area contributed by atoms with E-state index in [1.807, 2.05) is 36.4 Å². The number of unbranched alkanes of at least 4 members (excludes halogenated alkanes) is 16. The largest absolute Gasteiger partial charge is 0.493 e. The van der Waals surface area contributed by atoms with Crippen molar-refractivity contribution in [3.63, 3.8) is 0 Å². The number of anilines is 1. The summed E-state index contributed by atoms with van der Waals surface area (Å²) in [4.78, 5) is 23.8. The molecule has 2 aromatic carbocycles. The van der Waals surface area contributed by atoms with Gasteiger partial charge in [0, 0.05) is 24.6 Å². The fraction of sp³-hybridized carbons (Fsp3) is 0.632. The van der Waals surface area contributed by atoms with E-state index in [9.17, 15) is 9.59 Å². The highest BCUT2D eigenvalue weighted by Crippen LogP contribution is 2.27. The second-order valence-electron chi connectivity index (χ2n) is 11.9. The van der Waals surface area contributed by atoms with Gasteiger partial charge in [0.1, 0.15) is 18.1 Å². The first kappa shape index (κ1) is 38.0. The Balaban J connectivity index is 1.65. The van der Waals surface area contributed by atoms with E-state index in [1.165, 1.54) is 97.0 Å². The number of methoxy groups -OCH3 is 1. The molecule has 0 heterocycles. The summed E-state index contributed by atoms with van der Waals surface area (Å²) in [5.41, 5.74) is 1.46. The van der Waals surface area contributed by atoms with Gasteiger partial charge in [0.15, 0.2) is 0 Å². The maximum absolute atomic E-state index is 12.5. The van der Waals surface area contributed by atoms with Crippen LogP contribution in [0.5, 0.6) is 11.5 Å². The third-order valence-electron chi connectivity index (χ3n) is 7.88. The Labute approximate surface area is 272 Å². The topological polar surface area (TPSA) is 83.1 Å². The molecule has 0 aromatic heterocycles. The van der Waals surface area contributed by atoms with Crippen LogP contribution in [0.4, 0.5) is 10.5 Å². The van der Waals surface area contributed by atoms with Crippen LogP contribution in [-0.2, 0) is 20.9 Å². The molecule has 2 aromatic rings. The summed E-state index contributed by atoms with van der Waals surface area (Å²) in [6.07, 6.45) is 22.5. The molecule has 0 saturated carbocycles. The van der Waals surface area contributed by atoms with E-state index >= 15 is 0 Å². The smallest absolute Gasteiger partial charge is 0.411 e. The minimum absolute atomic E-state index is 0.186. The van der Waals surface area contributed by atoms with Gasteiger partial charge in [-0.3, -0.25) is 10.1 Å². The van der Waals surface area contributed by atoms with Crippen LogP contribution < -0.4 is 14.8 Å². The van der Waals surface area contributed by atoms with Gasteiger partial charge in [-0.1, -0.05) is 134 Å². The van der Waals surface area contributed by atoms with E-state index in [4.69, 9.17) is 18.9 Å². The first-order chi connectivity index (χ1) is 22.1. The van der Waals surface area contributed by atoms with Gasteiger partial charge in [-0.05, 0) is 24.8 Å². The van der Waals surface area contributed by atoms with Crippen molar-refractivity contribution in [2.75, 3.05) is 25.6 Å². The van der Waals surface area contributed by atoms with Gasteiger partial charge in [-0.15, -0.1) is 0 Å². The van der Waals surface area contributed by atoms with Crippen molar-refractivity contribution in [2.24, 2.45) is 0 Å². The summed E-state index contributed by atoms with van der Waals surface area (Å²) in [5, 5.41) is 2.79. The van der Waals surface area contributed by atoms with Gasteiger partial charge in [-0.25, -0.2) is 4.79 Å². The average Bonchev–Trinajstić information content (AvgIpc) is 3.05. The molecule has 45 heavy (non-hydrogen) atoms. The summed E-state index contributed by atoms with van der Waals surface area (Å²) in [7, 11) is 1.39. The van der Waals surface area contributed by atoms with Crippen LogP contribution in [0.1, 0.15) is 134 Å². The van der Waals surface area contributed by atoms with Gasteiger partial charge in [0.25, 0.3) is 0 Å². The average molecular weight is 626 g/mol. The van der Waals surface area contributed by atoms with Gasteiger partial charge < -0.3 is 18.9 Å². The quantitative estimate of drug-likeness (QED) is 0.0785. The molecule has 2 rings (SSSR count). The molecule has 0 spiro atoms. The molecule has 0 atom stereocenters. The number of amides is 1. The Morgan fingerprint density at radius 2 is 1.11 bits per heavy atom. The first-order valence-electron chi connectivity index (χ1n) is 17.6. The van der Waals surface area contributed by atoms with Crippen LogP contribution >= 0.6 is 0 Å². The molecule has 1 N–H and O–H groups in total. The van der Waals surface area contributed by atoms with Crippen molar-refractivity contribution in [1.29, 1.82) is 0 Å². The van der Waals surface area contributed by atoms with Crippen molar-refractivity contribution >= 4 is 17.7 Å². The number of hydrogen-bond acceptors (Lipinski definition) is 6. The fourth-order valence-electron chi connectivity index (χ4n) is 5.19. The highest BCUT2D eigenvalue weighted by Gasteiger charge is 2.09. The molecule has 0 aliphatic heterocycles. The monoisotopic (exact) mass is 625 g/mol. The van der Waals surface area contributed by atoms with Gasteiger partial charge >= 0.3 is 12.1 Å². The Hall–Kier alpha value is -3.22. The normalized spacial score (nSPS) is 10.8. The lowest BCUT2D eigenvalue weighted by Gasteiger charge is -2.13. The fourth-order valence-corrected chi connectivity index (χ4v) is 5.19. The number of esters is 1. The summed E-state index contributed by atoms with van der Waals surface area (Å²) in [6.45, 7) is 3.52. The predicted octanol–water partition coefficient (Wildman–Crippen LogP) is 10.8. The molecule has 0 unspecified atom stereocenters. The zero-order valence-electron chi connectivity index (χ0n) is 28.1. The van der Waals surface area contributed by atoms with Crippen molar-refractivity contribution in [3.05, 3.63) is 54.1 Å². The molecule has 252 valence electrons. The summed E-state index contributed by atoms with van der Waals surface area (Å²) in [6, 6.07) is 14.9. The third-order valence-corrected chi connectivity index (χ3v) is 7.88. The van der Waals surface area contributed by atoms with E-state index in [0.29, 0.717) is 49.7 Å². The number of carbonyl (C=O) groups is 2. The molecule has 0 bridgehead atoms. The van der Waals surface area contributed by atoms with E-state index < -0.39 is 6.09 Å². The number of rotatable bonds is 27. The zero-order chi connectivity index (χ0) is 32.2. The van der Waals surface area contributed by atoms with Gasteiger partial charge in [-0.2, -0.15) is 0 Å². The molecule has 0 saturated heterocycles. The summed E-state index contributed by atoms with van der Waals surface area (Å²) < 4.78 is 22.1. The van der Waals surface area contributed by atoms with E-state index in [-0.39, 0.29) is 12.6 Å². The zero-order valence-corrected chi connectivity index (χ0v) is 28.1. The highest BCUT2D eigenvalue weighted by atomic mass is 16.5. The third kappa shape index (κ3) is 20.4. The van der Waals surface area contributed by atoms with Crippen LogP contribution in [0.3, 0.4) is 0 Å². The minimum atomic E-state index is -0.544. The maximum Gasteiger partial charge on any atom is 0.411 e. The van der Waals surface area contributed by atoms with Crippen LogP contribution in [-0.4, -0.2) is 32.4 Å². The standard InChI is InChI=1S/C38H59NO6/c1-3-4-5-6-7-8-9-10-11-12-13-14-15-16-17-22-27-43-35-29-34(39-38(41)45-32-33-24-19-18-20-25-33)30-36(31-35)44-28-23-21-26-37(40)42-2/h18-20,24-25,29-31H,3-17,21-23,26-28,32H2,1-2H3,(H,39,41). The van der Waals surface area contributed by atoms with Crippen LogP contribution in [0.25, 0.3) is 0 Å². The number of benzene rings is 2. The van der Waals surface area contributed by atoms with Crippen LogP contribution in [0.2, 0.25) is 0 Å². The molecule has 0 radical (unpaired) electrons. The molecule has 7 heteroatoms. The summed E-state index contributed by atoms with van der Waals surface area (Å²) >= 11 is 0. The molecule has 0 fully saturated rings. The van der Waals surface area contributed by atoms with E-state index in [1.54, 1.807) is 12.1 Å². The molecular weight excluding hydrogens is 566 g/mol. The number of carbonyl (C=O) groups excluding carboxylic acids is 2. The lowest BCUT2D eigenvalue weighted by Crippen LogP contribution is -2.14. The molecular formula is C38H59NO6. The van der Waals surface area contributed by atoms with Crippen molar-refractivity contribution < 1.29 is 28.5 Å². The number of hydrogen-bond donors (Lipinski definition) is 1. The van der Waals surface area contributed by atoms with Gasteiger partial charge in [0.2, 0.25) is 0 Å². The van der Waals surface area contributed by atoms with Crippen LogP contribution in [0.15, 0.2) is 48.5 Å². The van der Waals surface area contributed by atoms with E-state index in [0.717, 1.165) is 18.4 Å². The van der Waals surface area contributed by atoms with E-state index in [2.05, 4.69) is 12.2 Å². The van der Waals surface area contributed by atoms with Gasteiger partial charge in [0.05, 0.1) is 26.0 Å². The molecule has 0 aliphatic rings. The lowest BCUT2D eigenvalue weighted by atomic mass is 10.0. The molecule has 7 nitrogen and oxygen atoms in total. The molecule has 1 amide bonds. The highest BCUT2D eigenvalue weighted by molar-refractivity contribution is 5.85. The second-order valence-corrected chi connectivity index (χ2v) is 11.9. The van der Waals surface area contributed by atoms with Crippen molar-refractivity contribution in [2.45, 2.75) is 136 Å². The Bertz CT molecular complexity index is 1030. The number of nitrogens with one attached hydrogen (secondary N) is 1.